The van der Waals surface area contributed by atoms with Crippen LogP contribution in [-0.4, -0.2) is 5.11 Å². The van der Waals surface area contributed by atoms with Crippen LogP contribution < -0.4 is 0 Å². The van der Waals surface area contributed by atoms with Gasteiger partial charge in [-0.05, 0) is 31.4 Å². The number of hydrogen-bond donors (Lipinski definition) is 1. The van der Waals surface area contributed by atoms with Crippen LogP contribution in [0.25, 0.3) is 0 Å². The van der Waals surface area contributed by atoms with Crippen LogP contribution in [0.2, 0.25) is 5.02 Å². The van der Waals surface area contributed by atoms with Crippen molar-refractivity contribution in [2.45, 2.75) is 25.2 Å². The minimum atomic E-state index is -0.521. The summed E-state index contributed by atoms with van der Waals surface area (Å²) in [6, 6.07) is 5.73. The van der Waals surface area contributed by atoms with Gasteiger partial charge in [-0.2, -0.15) is 5.26 Å². The Morgan fingerprint density at radius 3 is 2.64 bits per heavy atom. The van der Waals surface area contributed by atoms with E-state index in [1.54, 1.807) is 12.1 Å². The van der Waals surface area contributed by atoms with Gasteiger partial charge in [0, 0.05) is 10.6 Å². The second-order valence-corrected chi connectivity index (χ2v) is 4.19. The first-order valence-corrected chi connectivity index (χ1v) is 4.88. The highest BCUT2D eigenvalue weighted by Crippen LogP contribution is 2.53. The molecule has 0 aromatic heterocycles. The van der Waals surface area contributed by atoms with E-state index < -0.39 is 5.41 Å². The summed E-state index contributed by atoms with van der Waals surface area (Å²) < 4.78 is 0. The van der Waals surface area contributed by atoms with Crippen molar-refractivity contribution in [3.63, 3.8) is 0 Å². The zero-order valence-corrected chi connectivity index (χ0v) is 8.60. The van der Waals surface area contributed by atoms with Crippen LogP contribution in [0.15, 0.2) is 12.1 Å². The summed E-state index contributed by atoms with van der Waals surface area (Å²) in [5.41, 5.74) is 0.861. The Morgan fingerprint density at radius 1 is 1.50 bits per heavy atom. The Kier molecular flexibility index (Phi) is 1.94. The first kappa shape index (κ1) is 9.36. The molecule has 1 aliphatic carbocycles. The molecule has 72 valence electrons. The van der Waals surface area contributed by atoms with Gasteiger partial charge < -0.3 is 5.11 Å². The van der Waals surface area contributed by atoms with E-state index >= 15 is 0 Å². The lowest BCUT2D eigenvalue weighted by Gasteiger charge is -2.12. The molecule has 1 N–H and O–H groups in total. The van der Waals surface area contributed by atoms with E-state index in [9.17, 15) is 5.11 Å². The summed E-state index contributed by atoms with van der Waals surface area (Å²) in [6.07, 6.45) is 1.58. The number of phenolic OH excluding ortho intramolecular Hbond substituents is 1. The average Bonchev–Trinajstić information content (AvgIpc) is 2.93. The summed E-state index contributed by atoms with van der Waals surface area (Å²) in [5.74, 6) is 0.177. The molecule has 1 saturated carbocycles. The molecule has 0 saturated heterocycles. The van der Waals surface area contributed by atoms with Crippen molar-refractivity contribution in [3.8, 4) is 11.8 Å². The smallest absolute Gasteiger partial charge is 0.124 e. The van der Waals surface area contributed by atoms with Crippen molar-refractivity contribution in [1.82, 2.24) is 0 Å². The van der Waals surface area contributed by atoms with Crippen LogP contribution in [0.5, 0.6) is 5.75 Å². The van der Waals surface area contributed by atoms with Gasteiger partial charge in [0.05, 0.1) is 11.5 Å². The summed E-state index contributed by atoms with van der Waals surface area (Å²) in [5, 5.41) is 19.4. The summed E-state index contributed by atoms with van der Waals surface area (Å²) in [6.45, 7) is 1.81. The van der Waals surface area contributed by atoms with Gasteiger partial charge >= 0.3 is 0 Å². The molecule has 0 unspecified atom stereocenters. The first-order valence-electron chi connectivity index (χ1n) is 4.50. The molecule has 14 heavy (non-hydrogen) atoms. The van der Waals surface area contributed by atoms with Crippen molar-refractivity contribution in [3.05, 3.63) is 28.3 Å². The van der Waals surface area contributed by atoms with Crippen molar-refractivity contribution < 1.29 is 5.11 Å². The van der Waals surface area contributed by atoms with Crippen LogP contribution in [0.4, 0.5) is 0 Å². The van der Waals surface area contributed by atoms with Gasteiger partial charge in [-0.3, -0.25) is 0 Å². The maximum absolute atomic E-state index is 9.85. The molecular formula is C11H10ClNO. The lowest BCUT2D eigenvalue weighted by molar-refractivity contribution is 0.460. The molecule has 3 heteroatoms. The number of benzene rings is 1. The van der Waals surface area contributed by atoms with Gasteiger partial charge in [-0.1, -0.05) is 17.7 Å². The normalized spacial score (nSPS) is 17.5. The molecule has 2 rings (SSSR count). The van der Waals surface area contributed by atoms with Gasteiger partial charge in [-0.15, -0.1) is 0 Å². The largest absolute Gasteiger partial charge is 0.507 e. The number of phenols is 1. The quantitative estimate of drug-likeness (QED) is 0.770. The van der Waals surface area contributed by atoms with E-state index in [0.29, 0.717) is 10.6 Å². The first-order chi connectivity index (χ1) is 6.60. The van der Waals surface area contributed by atoms with Gasteiger partial charge in [-0.25, -0.2) is 0 Å². The molecule has 0 bridgehead atoms. The van der Waals surface area contributed by atoms with E-state index in [2.05, 4.69) is 6.07 Å². The molecule has 2 nitrogen and oxygen atoms in total. The van der Waals surface area contributed by atoms with E-state index in [-0.39, 0.29) is 5.75 Å². The molecule has 1 fully saturated rings. The zero-order chi connectivity index (χ0) is 10.3. The lowest BCUT2D eigenvalue weighted by Crippen LogP contribution is -2.04. The Morgan fingerprint density at radius 2 is 2.14 bits per heavy atom. The fourth-order valence-corrected chi connectivity index (χ4v) is 2.00. The maximum Gasteiger partial charge on any atom is 0.124 e. The molecule has 0 heterocycles. The predicted octanol–water partition coefficient (Wildman–Crippen LogP) is 2.91. The van der Waals surface area contributed by atoms with E-state index in [1.807, 2.05) is 6.92 Å². The fourth-order valence-electron chi connectivity index (χ4n) is 1.67. The molecule has 0 radical (unpaired) electrons. The predicted molar refractivity (Wildman–Crippen MR) is 54.4 cm³/mol. The molecule has 0 spiro atoms. The monoisotopic (exact) mass is 207 g/mol. The molecule has 0 amide bonds. The number of hydrogen-bond acceptors (Lipinski definition) is 2. The van der Waals surface area contributed by atoms with E-state index in [1.165, 1.54) is 0 Å². The third kappa shape index (κ3) is 1.17. The Bertz CT molecular complexity index is 430. The maximum atomic E-state index is 9.85. The second-order valence-electron chi connectivity index (χ2n) is 3.78. The Hall–Kier alpha value is -1.20. The van der Waals surface area contributed by atoms with Crippen LogP contribution in [0.3, 0.4) is 0 Å². The average molecular weight is 208 g/mol. The fraction of sp³-hybridized carbons (Fsp3) is 0.364. The van der Waals surface area contributed by atoms with Crippen molar-refractivity contribution in [2.24, 2.45) is 0 Å². The zero-order valence-electron chi connectivity index (χ0n) is 7.84. The summed E-state index contributed by atoms with van der Waals surface area (Å²) in [4.78, 5) is 0. The third-order valence-electron chi connectivity index (χ3n) is 2.77. The van der Waals surface area contributed by atoms with Crippen molar-refractivity contribution in [1.29, 1.82) is 5.26 Å². The molecule has 0 aliphatic heterocycles. The molecule has 1 aromatic carbocycles. The molecular weight excluding hydrogens is 198 g/mol. The number of nitriles is 1. The minimum absolute atomic E-state index is 0.177. The minimum Gasteiger partial charge on any atom is -0.507 e. The highest BCUT2D eigenvalue weighted by Gasteiger charge is 2.48. The van der Waals surface area contributed by atoms with Gasteiger partial charge in [0.25, 0.3) is 0 Å². The van der Waals surface area contributed by atoms with Gasteiger partial charge in [0.15, 0.2) is 0 Å². The molecule has 0 atom stereocenters. The molecule has 1 aliphatic rings. The highest BCUT2D eigenvalue weighted by atomic mass is 35.5. The number of aromatic hydroxyl groups is 1. The molecule has 1 aromatic rings. The number of halogens is 1. The number of aryl methyl sites for hydroxylation is 1. The van der Waals surface area contributed by atoms with Gasteiger partial charge in [0.1, 0.15) is 5.75 Å². The lowest BCUT2D eigenvalue weighted by atomic mass is 9.94. The second kappa shape index (κ2) is 2.90. The Labute approximate surface area is 87.7 Å². The van der Waals surface area contributed by atoms with E-state index in [0.717, 1.165) is 18.4 Å². The third-order valence-corrected chi connectivity index (χ3v) is 3.09. The highest BCUT2D eigenvalue weighted by molar-refractivity contribution is 6.31. The van der Waals surface area contributed by atoms with Crippen LogP contribution >= 0.6 is 11.6 Å². The topological polar surface area (TPSA) is 44.0 Å². The summed E-state index contributed by atoms with van der Waals surface area (Å²) >= 11 is 5.99. The van der Waals surface area contributed by atoms with Crippen LogP contribution in [-0.2, 0) is 5.41 Å². The van der Waals surface area contributed by atoms with E-state index in [4.69, 9.17) is 16.9 Å². The van der Waals surface area contributed by atoms with Crippen LogP contribution in [0, 0.1) is 18.3 Å². The standard InChI is InChI=1S/C11H10ClNO/c1-7-2-3-8(12)9(10(7)14)11(6-13)4-5-11/h2-3,14H,4-5H2,1H3. The van der Waals surface area contributed by atoms with Gasteiger partial charge in [0.2, 0.25) is 0 Å². The van der Waals surface area contributed by atoms with Crippen molar-refractivity contribution in [2.75, 3.05) is 0 Å². The Balaban J connectivity index is 2.64. The van der Waals surface area contributed by atoms with Crippen LogP contribution in [0.1, 0.15) is 24.0 Å². The number of rotatable bonds is 1. The SMILES string of the molecule is Cc1ccc(Cl)c(C2(C#N)CC2)c1O. The van der Waals surface area contributed by atoms with Crippen molar-refractivity contribution >= 4 is 11.6 Å². The summed E-state index contributed by atoms with van der Waals surface area (Å²) in [7, 11) is 0. The number of nitrogens with zero attached hydrogens (tertiary/aromatic N) is 1.